The smallest absolute Gasteiger partial charge is 0.143 e. The number of furan rings is 1. The van der Waals surface area contributed by atoms with Gasteiger partial charge < -0.3 is 4.42 Å². The van der Waals surface area contributed by atoms with Gasteiger partial charge in [-0.3, -0.25) is 0 Å². The second-order valence-corrected chi connectivity index (χ2v) is 11.4. The highest BCUT2D eigenvalue weighted by Crippen LogP contribution is 2.49. The summed E-state index contributed by atoms with van der Waals surface area (Å²) in [5, 5.41) is 4.73. The van der Waals surface area contributed by atoms with Crippen molar-refractivity contribution < 1.29 is 22.2 Å². The highest BCUT2D eigenvalue weighted by molar-refractivity contribution is 6.30. The Bertz CT molecular complexity index is 3460. The minimum atomic E-state index is -0.542. The van der Waals surface area contributed by atoms with Crippen LogP contribution in [0.15, 0.2) is 174 Å². The SMILES string of the molecule is [2H]c1c([2H])c([2H])c(-c2ccc(-c3c4c([2H])c([2H])c([2H])c([2H])c4c(-c4cc5ccccc5c5oc6c7ccccc7ccc6c45)c4c([2H])c([2H])c([2H])c([2H])c34)cc2)c([2H])c1[2H]. The first-order valence-corrected chi connectivity index (χ1v) is 15.1. The minimum Gasteiger partial charge on any atom is -0.455 e. The normalized spacial score (nSPS) is 15.7. The zero-order valence-electron chi connectivity index (χ0n) is 37.6. The molecule has 10 rings (SSSR count). The van der Waals surface area contributed by atoms with Gasteiger partial charge >= 0.3 is 0 Å². The van der Waals surface area contributed by atoms with E-state index < -0.39 is 78.6 Å². The fourth-order valence-corrected chi connectivity index (χ4v) is 6.92. The van der Waals surface area contributed by atoms with E-state index in [2.05, 4.69) is 0 Å². The first-order chi connectivity index (χ1) is 28.7. The van der Waals surface area contributed by atoms with Gasteiger partial charge in [-0.2, -0.15) is 0 Å². The Kier molecular flexibility index (Phi) is 3.55. The van der Waals surface area contributed by atoms with Gasteiger partial charge in [-0.25, -0.2) is 0 Å². The largest absolute Gasteiger partial charge is 0.455 e. The molecule has 0 unspecified atom stereocenters. The zero-order valence-corrected chi connectivity index (χ0v) is 24.6. The number of hydrogen-bond acceptors (Lipinski definition) is 1. The van der Waals surface area contributed by atoms with E-state index >= 15 is 0 Å². The molecular weight excluding hydrogens is 569 g/mol. The van der Waals surface area contributed by atoms with Crippen LogP contribution in [-0.2, 0) is 0 Å². The van der Waals surface area contributed by atoms with Gasteiger partial charge in [0.2, 0.25) is 0 Å². The van der Waals surface area contributed by atoms with Gasteiger partial charge in [0.25, 0.3) is 0 Å². The fourth-order valence-electron chi connectivity index (χ4n) is 6.92. The topological polar surface area (TPSA) is 13.1 Å². The third kappa shape index (κ3) is 3.90. The summed E-state index contributed by atoms with van der Waals surface area (Å²) in [6.07, 6.45) is 0. The molecule has 0 bridgehead atoms. The number of rotatable bonds is 3. The summed E-state index contributed by atoms with van der Waals surface area (Å²) in [7, 11) is 0. The highest BCUT2D eigenvalue weighted by atomic mass is 16.3. The molecule has 1 heteroatoms. The first-order valence-electron chi connectivity index (χ1n) is 21.6. The molecule has 10 aromatic rings. The Hall–Kier alpha value is -6.18. The van der Waals surface area contributed by atoms with Crippen molar-refractivity contribution >= 4 is 65.0 Å². The number of hydrogen-bond donors (Lipinski definition) is 0. The summed E-state index contributed by atoms with van der Waals surface area (Å²) in [5.74, 6) is 0. The van der Waals surface area contributed by atoms with E-state index in [-0.39, 0.29) is 43.8 Å². The Morgan fingerprint density at radius 3 is 1.62 bits per heavy atom. The van der Waals surface area contributed by atoms with Crippen LogP contribution in [0.2, 0.25) is 0 Å². The van der Waals surface area contributed by atoms with Crippen LogP contribution < -0.4 is 0 Å². The molecule has 0 atom stereocenters. The van der Waals surface area contributed by atoms with Crippen LogP contribution in [0.3, 0.4) is 0 Å². The van der Waals surface area contributed by atoms with Crippen molar-refractivity contribution in [2.45, 2.75) is 0 Å². The molecule has 1 heterocycles. The van der Waals surface area contributed by atoms with Crippen LogP contribution in [0.4, 0.5) is 0 Å². The van der Waals surface area contributed by atoms with Gasteiger partial charge in [-0.1, -0.05) is 157 Å². The molecule has 0 aliphatic heterocycles. The highest BCUT2D eigenvalue weighted by Gasteiger charge is 2.22. The Labute approximate surface area is 290 Å². The van der Waals surface area contributed by atoms with Crippen LogP contribution in [0.5, 0.6) is 0 Å². The zero-order chi connectivity index (χ0) is 42.2. The number of benzene rings is 9. The molecule has 0 saturated carbocycles. The standard InChI is InChI=1S/C46H28O/c1-2-12-29(13-3-1)30-22-24-32(25-23-30)42-36-18-8-10-20-38(36)43(39-21-11-9-19-37(39)42)41-28-33-15-5-7-17-35(33)46-44(41)40-27-26-31-14-4-6-16-34(31)45(40)47-46/h1-28H/i1D,2D,3D,8D,9D,10D,11D,12D,13D,18D,19D,20D,21D. The van der Waals surface area contributed by atoms with Gasteiger partial charge in [-0.15, -0.1) is 0 Å². The van der Waals surface area contributed by atoms with Crippen molar-refractivity contribution in [3.63, 3.8) is 0 Å². The van der Waals surface area contributed by atoms with Crippen molar-refractivity contribution in [3.05, 3.63) is 170 Å². The maximum atomic E-state index is 9.53. The van der Waals surface area contributed by atoms with E-state index in [0.29, 0.717) is 33.1 Å². The van der Waals surface area contributed by atoms with E-state index in [0.717, 1.165) is 21.5 Å². The van der Waals surface area contributed by atoms with Crippen molar-refractivity contribution in [2.75, 3.05) is 0 Å². The molecule has 0 radical (unpaired) electrons. The van der Waals surface area contributed by atoms with E-state index in [9.17, 15) is 5.48 Å². The summed E-state index contributed by atoms with van der Waals surface area (Å²) >= 11 is 0. The van der Waals surface area contributed by atoms with Crippen LogP contribution >= 0.6 is 0 Å². The summed E-state index contributed by atoms with van der Waals surface area (Å²) in [6, 6.07) is 21.2. The van der Waals surface area contributed by atoms with Gasteiger partial charge in [0.15, 0.2) is 0 Å². The minimum absolute atomic E-state index is 0.0173. The molecule has 0 fully saturated rings. The first kappa shape index (κ1) is 16.4. The lowest BCUT2D eigenvalue weighted by Crippen LogP contribution is -1.92. The van der Waals surface area contributed by atoms with E-state index in [1.165, 1.54) is 12.1 Å². The second-order valence-electron chi connectivity index (χ2n) is 11.4. The summed E-state index contributed by atoms with van der Waals surface area (Å²) < 4.78 is 122. The predicted octanol–water partition coefficient (Wildman–Crippen LogP) is 13.2. The van der Waals surface area contributed by atoms with E-state index in [4.69, 9.17) is 16.8 Å². The Morgan fingerprint density at radius 1 is 0.383 bits per heavy atom. The fraction of sp³-hybridized carbons (Fsp3) is 0. The van der Waals surface area contributed by atoms with Gasteiger partial charge in [0.05, 0.1) is 17.8 Å². The molecular formula is C46H28O. The van der Waals surface area contributed by atoms with Gasteiger partial charge in [0.1, 0.15) is 11.2 Å². The molecule has 47 heavy (non-hydrogen) atoms. The van der Waals surface area contributed by atoms with Crippen LogP contribution in [0.25, 0.3) is 98.4 Å². The molecule has 0 spiro atoms. The molecule has 1 aromatic heterocycles. The molecule has 0 aliphatic carbocycles. The summed E-state index contributed by atoms with van der Waals surface area (Å²) in [6.45, 7) is 0. The molecule has 1 nitrogen and oxygen atoms in total. The van der Waals surface area contributed by atoms with Crippen LogP contribution in [0.1, 0.15) is 17.8 Å². The second kappa shape index (κ2) is 10.2. The van der Waals surface area contributed by atoms with E-state index in [1.54, 1.807) is 12.1 Å². The summed E-state index contributed by atoms with van der Waals surface area (Å²) in [5.41, 5.74) is 2.40. The number of fused-ring (bicyclic) bond motifs is 9. The maximum absolute atomic E-state index is 9.53. The average Bonchev–Trinajstić information content (AvgIpc) is 3.67. The van der Waals surface area contributed by atoms with E-state index in [1.807, 2.05) is 66.7 Å². The lowest BCUT2D eigenvalue weighted by Gasteiger charge is -2.19. The van der Waals surface area contributed by atoms with Crippen molar-refractivity contribution in [3.8, 4) is 33.4 Å². The Balaban J connectivity index is 1.42. The van der Waals surface area contributed by atoms with Crippen molar-refractivity contribution in [1.29, 1.82) is 0 Å². The van der Waals surface area contributed by atoms with Crippen molar-refractivity contribution in [2.24, 2.45) is 0 Å². The molecule has 0 saturated heterocycles. The van der Waals surface area contributed by atoms with Gasteiger partial charge in [0, 0.05) is 21.5 Å². The third-order valence-corrected chi connectivity index (χ3v) is 8.96. The molecule has 218 valence electrons. The predicted molar refractivity (Wildman–Crippen MR) is 200 cm³/mol. The molecule has 0 amide bonds. The maximum Gasteiger partial charge on any atom is 0.143 e. The lowest BCUT2D eigenvalue weighted by atomic mass is 9.84. The lowest BCUT2D eigenvalue weighted by molar-refractivity contribution is 0.676. The van der Waals surface area contributed by atoms with Gasteiger partial charge in [-0.05, 0) is 77.8 Å². The quantitative estimate of drug-likeness (QED) is 0.182. The molecule has 0 N–H and O–H groups in total. The Morgan fingerprint density at radius 2 is 0.936 bits per heavy atom. The monoisotopic (exact) mass is 609 g/mol. The van der Waals surface area contributed by atoms with Crippen LogP contribution in [-0.4, -0.2) is 0 Å². The van der Waals surface area contributed by atoms with Crippen molar-refractivity contribution in [1.82, 2.24) is 0 Å². The van der Waals surface area contributed by atoms with Crippen LogP contribution in [0, 0.1) is 0 Å². The summed E-state index contributed by atoms with van der Waals surface area (Å²) in [4.78, 5) is 0. The average molecular weight is 610 g/mol. The molecule has 0 aliphatic rings. The molecule has 9 aromatic carbocycles. The third-order valence-electron chi connectivity index (χ3n) is 8.96.